The van der Waals surface area contributed by atoms with Gasteiger partial charge in [0.05, 0.1) is 30.8 Å². The Morgan fingerprint density at radius 1 is 1.10 bits per heavy atom. The monoisotopic (exact) mass is 585 g/mol. The van der Waals surface area contributed by atoms with Gasteiger partial charge < -0.3 is 15.2 Å². The topological polar surface area (TPSA) is 128 Å². The molecule has 0 aliphatic rings. The number of hydrogen-bond acceptors (Lipinski definition) is 6. The third-order valence-corrected chi connectivity index (χ3v) is 6.60. The predicted molar refractivity (Wildman–Crippen MR) is 148 cm³/mol. The number of halogens is 3. The molecule has 41 heavy (non-hydrogen) atoms. The Morgan fingerprint density at radius 3 is 2.44 bits per heavy atom. The molecule has 1 unspecified atom stereocenters. The Hall–Kier alpha value is -4.58. The molecule has 2 heterocycles. The summed E-state index contributed by atoms with van der Waals surface area (Å²) >= 11 is 6.25. The summed E-state index contributed by atoms with van der Waals surface area (Å²) in [6.07, 6.45) is 1.44. The highest BCUT2D eigenvalue weighted by Crippen LogP contribution is 2.36. The van der Waals surface area contributed by atoms with Crippen LogP contribution in [-0.2, 0) is 4.79 Å². The molecule has 2 N–H and O–H groups in total. The highest BCUT2D eigenvalue weighted by Gasteiger charge is 2.25. The number of methoxy groups -OCH3 is 1. The summed E-state index contributed by atoms with van der Waals surface area (Å²) in [7, 11) is 1.40. The van der Waals surface area contributed by atoms with Gasteiger partial charge in [-0.3, -0.25) is 14.2 Å². The molecule has 214 valence electrons. The second-order valence-corrected chi connectivity index (χ2v) is 9.52. The first kappa shape index (κ1) is 29.4. The quantitative estimate of drug-likeness (QED) is 0.229. The minimum absolute atomic E-state index is 0.0683. The van der Waals surface area contributed by atoms with Gasteiger partial charge in [0.25, 0.3) is 12.0 Å². The fraction of sp³-hybridized carbons (Fsp3) is 0.250. The van der Waals surface area contributed by atoms with Crippen molar-refractivity contribution in [1.29, 1.82) is 0 Å². The smallest absolute Gasteiger partial charge is 0.335 e. The van der Waals surface area contributed by atoms with E-state index in [0.717, 1.165) is 17.3 Å². The van der Waals surface area contributed by atoms with Crippen LogP contribution in [0.5, 0.6) is 5.75 Å². The van der Waals surface area contributed by atoms with Crippen molar-refractivity contribution in [2.24, 2.45) is 0 Å². The summed E-state index contributed by atoms with van der Waals surface area (Å²) in [5.41, 5.74) is 0.411. The number of anilines is 1. The molecule has 0 spiro atoms. The number of aromatic carboxylic acids is 1. The van der Waals surface area contributed by atoms with Crippen molar-refractivity contribution in [3.63, 3.8) is 0 Å². The van der Waals surface area contributed by atoms with E-state index in [1.165, 1.54) is 48.2 Å². The van der Waals surface area contributed by atoms with Crippen LogP contribution in [0.2, 0.25) is 5.02 Å². The second kappa shape index (κ2) is 12.7. The number of carbonyl (C=O) groups excluding carboxylic acids is 1. The second-order valence-electron chi connectivity index (χ2n) is 9.08. The Kier molecular flexibility index (Phi) is 9.13. The normalized spacial score (nSPS) is 11.9. The van der Waals surface area contributed by atoms with Gasteiger partial charge in [0.15, 0.2) is 0 Å². The van der Waals surface area contributed by atoms with Gasteiger partial charge >= 0.3 is 5.97 Å². The van der Waals surface area contributed by atoms with Gasteiger partial charge in [0.1, 0.15) is 17.5 Å². The molecule has 1 atom stereocenters. The van der Waals surface area contributed by atoms with Crippen LogP contribution >= 0.6 is 11.6 Å². The molecule has 0 fully saturated rings. The number of carboxylic acids is 1. The molecule has 0 saturated heterocycles. The van der Waals surface area contributed by atoms with Crippen molar-refractivity contribution in [2.45, 2.75) is 38.7 Å². The number of amides is 1. The third-order valence-electron chi connectivity index (χ3n) is 6.36. The summed E-state index contributed by atoms with van der Waals surface area (Å²) in [6.45, 7) is 1.95. The zero-order valence-electron chi connectivity index (χ0n) is 22.1. The average Bonchev–Trinajstić information content (AvgIpc) is 3.44. The minimum atomic E-state index is -2.82. The molecule has 0 bridgehead atoms. The van der Waals surface area contributed by atoms with E-state index >= 15 is 0 Å². The molecule has 2 aromatic heterocycles. The number of hydrogen-bond donors (Lipinski definition) is 2. The van der Waals surface area contributed by atoms with E-state index in [1.54, 1.807) is 18.2 Å². The van der Waals surface area contributed by atoms with Gasteiger partial charge in [0, 0.05) is 27.9 Å². The number of carbonyl (C=O) groups is 2. The van der Waals surface area contributed by atoms with Crippen molar-refractivity contribution < 1.29 is 28.2 Å². The van der Waals surface area contributed by atoms with Crippen molar-refractivity contribution in [3.8, 4) is 22.6 Å². The van der Waals surface area contributed by atoms with Gasteiger partial charge in [-0.15, -0.1) is 5.10 Å². The van der Waals surface area contributed by atoms with Crippen LogP contribution in [0.25, 0.3) is 16.8 Å². The van der Waals surface area contributed by atoms with Gasteiger partial charge in [-0.2, -0.15) is 0 Å². The van der Waals surface area contributed by atoms with Crippen LogP contribution in [0.15, 0.2) is 65.7 Å². The van der Waals surface area contributed by atoms with Crippen LogP contribution in [0.4, 0.5) is 14.5 Å². The number of aromatic nitrogens is 4. The molecule has 2 aromatic carbocycles. The van der Waals surface area contributed by atoms with E-state index in [0.29, 0.717) is 40.4 Å². The number of nitrogens with one attached hydrogen (secondary N) is 1. The number of rotatable bonds is 11. The van der Waals surface area contributed by atoms with Crippen molar-refractivity contribution in [1.82, 2.24) is 19.6 Å². The number of alkyl halides is 2. The largest absolute Gasteiger partial charge is 0.495 e. The minimum Gasteiger partial charge on any atom is -0.495 e. The van der Waals surface area contributed by atoms with Gasteiger partial charge in [-0.1, -0.05) is 36.6 Å². The number of carboxylic acid groups (broad SMARTS) is 1. The summed E-state index contributed by atoms with van der Waals surface area (Å²) in [5.74, 6) is -1.34. The highest BCUT2D eigenvalue weighted by atomic mass is 35.5. The number of benzene rings is 2. The molecule has 13 heteroatoms. The van der Waals surface area contributed by atoms with Crippen LogP contribution in [-0.4, -0.2) is 43.7 Å². The lowest BCUT2D eigenvalue weighted by Gasteiger charge is -2.22. The molecule has 1 amide bonds. The number of unbranched alkanes of at least 4 members (excludes halogenated alkanes) is 1. The first-order valence-electron chi connectivity index (χ1n) is 12.6. The van der Waals surface area contributed by atoms with Gasteiger partial charge in [-0.25, -0.2) is 18.3 Å². The summed E-state index contributed by atoms with van der Waals surface area (Å²) < 4.78 is 34.3. The fourth-order valence-electron chi connectivity index (χ4n) is 4.28. The Balaban J connectivity index is 1.75. The number of ether oxygens (including phenoxy) is 1. The van der Waals surface area contributed by atoms with Crippen molar-refractivity contribution >= 4 is 29.2 Å². The number of nitrogens with zero attached hydrogens (tertiary/aromatic N) is 4. The Labute approximate surface area is 238 Å². The zero-order chi connectivity index (χ0) is 29.7. The SMILES string of the molecule is CCCCC(C(=O)Nc1ccc(C(=O)O)cc1)n1cc(OC)c(-c2cc(Cl)ccc2-n2cc(C(F)F)nn2)cc1=O. The maximum absolute atomic E-state index is 13.5. The van der Waals surface area contributed by atoms with Crippen molar-refractivity contribution in [3.05, 3.63) is 87.6 Å². The van der Waals surface area contributed by atoms with E-state index < -0.39 is 35.6 Å². The average molecular weight is 586 g/mol. The maximum atomic E-state index is 13.5. The van der Waals surface area contributed by atoms with Gasteiger partial charge in [-0.05, 0) is 48.9 Å². The Bertz CT molecular complexity index is 1620. The standard InChI is InChI=1S/C28H26ClF2N5O5/c1-3-4-5-23(27(38)32-18-9-6-16(7-10-18)28(39)40)35-15-24(41-2)20(13-25(35)37)19-12-17(29)8-11-22(19)36-14-21(26(30)31)33-34-36/h6-15,23,26H,3-5H2,1-2H3,(H,32,38)(H,39,40). The fourth-order valence-corrected chi connectivity index (χ4v) is 4.45. The molecule has 0 radical (unpaired) electrons. The molecule has 4 rings (SSSR count). The van der Waals surface area contributed by atoms with Gasteiger partial charge in [0.2, 0.25) is 5.91 Å². The van der Waals surface area contributed by atoms with Crippen LogP contribution in [0, 0.1) is 0 Å². The molecular formula is C28H26ClF2N5O5. The van der Waals surface area contributed by atoms with Crippen LogP contribution < -0.4 is 15.6 Å². The van der Waals surface area contributed by atoms with Crippen molar-refractivity contribution in [2.75, 3.05) is 12.4 Å². The van der Waals surface area contributed by atoms with E-state index in [2.05, 4.69) is 15.6 Å². The molecular weight excluding hydrogens is 560 g/mol. The predicted octanol–water partition coefficient (Wildman–Crippen LogP) is 5.76. The lowest BCUT2D eigenvalue weighted by Crippen LogP contribution is -2.33. The Morgan fingerprint density at radius 2 is 1.83 bits per heavy atom. The zero-order valence-corrected chi connectivity index (χ0v) is 22.8. The molecule has 10 nitrogen and oxygen atoms in total. The van der Waals surface area contributed by atoms with E-state index in [-0.39, 0.29) is 11.3 Å². The highest BCUT2D eigenvalue weighted by molar-refractivity contribution is 6.31. The molecule has 0 saturated carbocycles. The molecule has 0 aliphatic heterocycles. The summed E-state index contributed by atoms with van der Waals surface area (Å²) in [6, 6.07) is 10.7. The third kappa shape index (κ3) is 6.60. The summed E-state index contributed by atoms with van der Waals surface area (Å²) in [4.78, 5) is 38.0. The molecule has 4 aromatic rings. The van der Waals surface area contributed by atoms with E-state index in [1.807, 2.05) is 6.92 Å². The summed E-state index contributed by atoms with van der Waals surface area (Å²) in [5, 5.41) is 19.5. The number of pyridine rings is 1. The lowest BCUT2D eigenvalue weighted by molar-refractivity contribution is -0.119. The maximum Gasteiger partial charge on any atom is 0.335 e. The first-order valence-corrected chi connectivity index (χ1v) is 13.0. The van der Waals surface area contributed by atoms with E-state index in [4.69, 9.17) is 21.4 Å². The van der Waals surface area contributed by atoms with E-state index in [9.17, 15) is 23.2 Å². The van der Waals surface area contributed by atoms with Crippen LogP contribution in [0.3, 0.4) is 0 Å². The first-order chi connectivity index (χ1) is 19.6. The lowest BCUT2D eigenvalue weighted by atomic mass is 10.0. The van der Waals surface area contributed by atoms with Crippen LogP contribution in [0.1, 0.15) is 54.7 Å². The molecule has 0 aliphatic carbocycles.